The summed E-state index contributed by atoms with van der Waals surface area (Å²) in [5, 5.41) is 11.4. The summed E-state index contributed by atoms with van der Waals surface area (Å²) in [5.74, 6) is 0.786. The lowest BCUT2D eigenvalue weighted by Gasteiger charge is -2.39. The number of ether oxygens (including phenoxy) is 3. The molecule has 5 heteroatoms. The van der Waals surface area contributed by atoms with E-state index in [4.69, 9.17) is 25.8 Å². The first kappa shape index (κ1) is 15.1. The van der Waals surface area contributed by atoms with Crippen molar-refractivity contribution in [2.75, 3.05) is 26.9 Å². The van der Waals surface area contributed by atoms with Crippen LogP contribution in [0, 0.1) is 5.92 Å². The molecule has 3 unspecified atom stereocenters. The van der Waals surface area contributed by atoms with Gasteiger partial charge in [-0.1, -0.05) is 17.7 Å². The average molecular weight is 313 g/mol. The predicted molar refractivity (Wildman–Crippen MR) is 79.8 cm³/mol. The highest BCUT2D eigenvalue weighted by Gasteiger charge is 2.43. The minimum Gasteiger partial charge on any atom is -0.496 e. The Balaban J connectivity index is 1.79. The number of benzene rings is 1. The first-order valence-electron chi connectivity index (χ1n) is 7.37. The first-order chi connectivity index (χ1) is 10.1. The molecule has 0 aliphatic carbocycles. The Kier molecular flexibility index (Phi) is 4.41. The lowest BCUT2D eigenvalue weighted by Crippen LogP contribution is -2.41. The number of aliphatic hydroxyl groups excluding tert-OH is 1. The summed E-state index contributed by atoms with van der Waals surface area (Å²) >= 11 is 5.99. The summed E-state index contributed by atoms with van der Waals surface area (Å²) in [5.41, 5.74) is 0.590. The van der Waals surface area contributed by atoms with Gasteiger partial charge >= 0.3 is 0 Å². The van der Waals surface area contributed by atoms with Gasteiger partial charge in [-0.3, -0.25) is 0 Å². The van der Waals surface area contributed by atoms with Crippen LogP contribution in [-0.4, -0.2) is 37.6 Å². The highest BCUT2D eigenvalue weighted by Crippen LogP contribution is 2.43. The van der Waals surface area contributed by atoms with E-state index < -0.39 is 6.10 Å². The summed E-state index contributed by atoms with van der Waals surface area (Å²) in [4.78, 5) is 0. The predicted octanol–water partition coefficient (Wildman–Crippen LogP) is 2.97. The van der Waals surface area contributed by atoms with Gasteiger partial charge in [0.1, 0.15) is 5.75 Å². The molecule has 2 saturated heterocycles. The lowest BCUT2D eigenvalue weighted by molar-refractivity contribution is -0.117. The van der Waals surface area contributed by atoms with E-state index in [1.165, 1.54) is 0 Å². The highest BCUT2D eigenvalue weighted by atomic mass is 35.5. The van der Waals surface area contributed by atoms with E-state index >= 15 is 0 Å². The van der Waals surface area contributed by atoms with Gasteiger partial charge in [-0.2, -0.15) is 0 Å². The molecule has 1 aromatic rings. The molecule has 21 heavy (non-hydrogen) atoms. The molecule has 2 aliphatic rings. The quantitative estimate of drug-likeness (QED) is 0.932. The third-order valence-corrected chi connectivity index (χ3v) is 4.79. The van der Waals surface area contributed by atoms with E-state index in [0.29, 0.717) is 24.0 Å². The van der Waals surface area contributed by atoms with E-state index in [0.717, 1.165) is 31.4 Å². The fourth-order valence-electron chi connectivity index (χ4n) is 3.38. The van der Waals surface area contributed by atoms with Crippen molar-refractivity contribution in [1.82, 2.24) is 0 Å². The van der Waals surface area contributed by atoms with E-state index in [9.17, 15) is 5.11 Å². The van der Waals surface area contributed by atoms with Crippen molar-refractivity contribution in [3.63, 3.8) is 0 Å². The molecular formula is C16H21ClO4. The summed E-state index contributed by atoms with van der Waals surface area (Å²) < 4.78 is 16.8. The summed E-state index contributed by atoms with van der Waals surface area (Å²) in [6, 6.07) is 5.38. The number of methoxy groups -OCH3 is 1. The molecule has 0 saturated carbocycles. The molecule has 3 rings (SSSR count). The number of hydrogen-bond donors (Lipinski definition) is 1. The summed E-state index contributed by atoms with van der Waals surface area (Å²) in [6.45, 7) is 2.04. The Labute approximate surface area is 130 Å². The molecule has 1 aromatic carbocycles. The lowest BCUT2D eigenvalue weighted by atomic mass is 9.80. The number of hydrogen-bond acceptors (Lipinski definition) is 4. The third-order valence-electron chi connectivity index (χ3n) is 4.56. The van der Waals surface area contributed by atoms with E-state index in [1.54, 1.807) is 19.2 Å². The van der Waals surface area contributed by atoms with Gasteiger partial charge in [-0.05, 0) is 30.9 Å². The van der Waals surface area contributed by atoms with Gasteiger partial charge in [0.2, 0.25) is 0 Å². The van der Waals surface area contributed by atoms with Crippen molar-refractivity contribution in [3.05, 3.63) is 28.8 Å². The van der Waals surface area contributed by atoms with Crippen LogP contribution in [0.2, 0.25) is 5.02 Å². The van der Waals surface area contributed by atoms with E-state index in [-0.39, 0.29) is 11.5 Å². The van der Waals surface area contributed by atoms with Crippen LogP contribution in [-0.2, 0) is 9.47 Å². The maximum absolute atomic E-state index is 10.8. The molecule has 3 atom stereocenters. The van der Waals surface area contributed by atoms with Crippen LogP contribution in [0.5, 0.6) is 5.75 Å². The maximum atomic E-state index is 10.8. The molecule has 1 spiro atoms. The minimum absolute atomic E-state index is 0.149. The zero-order valence-electron chi connectivity index (χ0n) is 12.2. The van der Waals surface area contributed by atoms with Crippen LogP contribution in [0.4, 0.5) is 0 Å². The first-order valence-corrected chi connectivity index (χ1v) is 7.74. The van der Waals surface area contributed by atoms with Crippen molar-refractivity contribution in [1.29, 1.82) is 0 Å². The van der Waals surface area contributed by atoms with Crippen LogP contribution in [0.3, 0.4) is 0 Å². The van der Waals surface area contributed by atoms with Gasteiger partial charge in [-0.25, -0.2) is 0 Å². The van der Waals surface area contributed by atoms with Crippen molar-refractivity contribution in [2.45, 2.75) is 31.0 Å². The number of aliphatic hydroxyl groups is 1. The topological polar surface area (TPSA) is 47.9 Å². The molecule has 4 nitrogen and oxygen atoms in total. The molecular weight excluding hydrogens is 292 g/mol. The Morgan fingerprint density at radius 1 is 1.43 bits per heavy atom. The molecule has 1 N–H and O–H groups in total. The van der Waals surface area contributed by atoms with Gasteiger partial charge in [0, 0.05) is 30.2 Å². The van der Waals surface area contributed by atoms with Crippen molar-refractivity contribution >= 4 is 11.6 Å². The normalized spacial score (nSPS) is 30.5. The van der Waals surface area contributed by atoms with Crippen molar-refractivity contribution < 1.29 is 19.3 Å². The molecule has 0 aromatic heterocycles. The Hall–Kier alpha value is -0.810. The van der Waals surface area contributed by atoms with Crippen LogP contribution < -0.4 is 4.74 Å². The molecule has 0 amide bonds. The minimum atomic E-state index is -0.571. The van der Waals surface area contributed by atoms with Crippen LogP contribution in [0.15, 0.2) is 18.2 Å². The second-order valence-electron chi connectivity index (χ2n) is 5.92. The molecule has 116 valence electrons. The second kappa shape index (κ2) is 6.13. The Morgan fingerprint density at radius 2 is 2.29 bits per heavy atom. The fraction of sp³-hybridized carbons (Fsp3) is 0.625. The fourth-order valence-corrected chi connectivity index (χ4v) is 3.54. The van der Waals surface area contributed by atoms with Gasteiger partial charge in [0.05, 0.1) is 25.4 Å². The molecule has 0 bridgehead atoms. The largest absolute Gasteiger partial charge is 0.496 e. The van der Waals surface area contributed by atoms with Crippen molar-refractivity contribution in [2.24, 2.45) is 5.92 Å². The molecule has 2 aliphatic heterocycles. The third kappa shape index (κ3) is 3.04. The van der Waals surface area contributed by atoms with Crippen LogP contribution >= 0.6 is 11.6 Å². The molecule has 2 heterocycles. The maximum Gasteiger partial charge on any atom is 0.126 e. The Morgan fingerprint density at radius 3 is 3.00 bits per heavy atom. The van der Waals surface area contributed by atoms with E-state index in [2.05, 4.69) is 0 Å². The monoisotopic (exact) mass is 312 g/mol. The standard InChI is InChI=1S/C16H21ClO4/c1-19-14-8-12(17)2-3-13(14)15(18)11-4-6-21-16(9-11)5-7-20-10-16/h2-3,8,11,15,18H,4-7,9-10H2,1H3. The zero-order chi connectivity index (χ0) is 14.9. The zero-order valence-corrected chi connectivity index (χ0v) is 12.9. The average Bonchev–Trinajstić information content (AvgIpc) is 2.94. The SMILES string of the molecule is COc1cc(Cl)ccc1C(O)C1CCOC2(CCOC2)C1. The second-order valence-corrected chi connectivity index (χ2v) is 6.35. The molecule has 0 radical (unpaired) electrons. The molecule has 2 fully saturated rings. The summed E-state index contributed by atoms with van der Waals surface area (Å²) in [7, 11) is 1.60. The van der Waals surface area contributed by atoms with Gasteiger partial charge < -0.3 is 19.3 Å². The highest BCUT2D eigenvalue weighted by molar-refractivity contribution is 6.30. The van der Waals surface area contributed by atoms with Crippen LogP contribution in [0.25, 0.3) is 0 Å². The summed E-state index contributed by atoms with van der Waals surface area (Å²) in [6.07, 6.45) is 2.00. The Bertz CT molecular complexity index is 499. The number of rotatable bonds is 3. The van der Waals surface area contributed by atoms with E-state index in [1.807, 2.05) is 6.07 Å². The van der Waals surface area contributed by atoms with Gasteiger partial charge in [0.15, 0.2) is 0 Å². The van der Waals surface area contributed by atoms with Gasteiger partial charge in [-0.15, -0.1) is 0 Å². The number of halogens is 1. The van der Waals surface area contributed by atoms with Crippen molar-refractivity contribution in [3.8, 4) is 5.75 Å². The van der Waals surface area contributed by atoms with Gasteiger partial charge in [0.25, 0.3) is 0 Å². The van der Waals surface area contributed by atoms with Crippen LogP contribution in [0.1, 0.15) is 30.9 Å². The smallest absolute Gasteiger partial charge is 0.126 e.